The highest BCUT2D eigenvalue weighted by Crippen LogP contribution is 2.40. The zero-order valence-electron chi connectivity index (χ0n) is 18.5. The third kappa shape index (κ3) is 4.55. The number of ether oxygens (including phenoxy) is 2. The predicted octanol–water partition coefficient (Wildman–Crippen LogP) is 8.36. The summed E-state index contributed by atoms with van der Waals surface area (Å²) in [6.07, 6.45) is 11.5. The van der Waals surface area contributed by atoms with Crippen LogP contribution < -0.4 is 9.47 Å². The average Bonchev–Trinajstić information content (AvgIpc) is 3.12. The van der Waals surface area contributed by atoms with Crippen LogP contribution in [-0.4, -0.2) is 13.2 Å². The van der Waals surface area contributed by atoms with Crippen LogP contribution in [0.15, 0.2) is 30.3 Å². The van der Waals surface area contributed by atoms with Crippen molar-refractivity contribution >= 4 is 31.5 Å². The van der Waals surface area contributed by atoms with Crippen molar-refractivity contribution in [1.82, 2.24) is 0 Å². The Balaban J connectivity index is 1.27. The van der Waals surface area contributed by atoms with Gasteiger partial charge in [-0.15, -0.1) is 11.3 Å². The Kier molecular flexibility index (Phi) is 6.36. The maximum Gasteiger partial charge on any atom is 0.182 e. The summed E-state index contributed by atoms with van der Waals surface area (Å²) in [6.45, 7) is 3.69. The number of rotatable bonds is 8. The molecule has 0 bridgehead atoms. The van der Waals surface area contributed by atoms with Gasteiger partial charge in [0.15, 0.2) is 11.6 Å². The van der Waals surface area contributed by atoms with Crippen molar-refractivity contribution in [2.45, 2.75) is 64.7 Å². The van der Waals surface area contributed by atoms with Crippen LogP contribution in [0, 0.1) is 23.6 Å². The van der Waals surface area contributed by atoms with Crippen molar-refractivity contribution in [2.75, 3.05) is 13.2 Å². The molecule has 0 amide bonds. The van der Waals surface area contributed by atoms with E-state index in [4.69, 9.17) is 9.47 Å². The van der Waals surface area contributed by atoms with Gasteiger partial charge in [-0.2, -0.15) is 0 Å². The second kappa shape index (κ2) is 9.36. The Morgan fingerprint density at radius 1 is 0.871 bits per heavy atom. The minimum absolute atomic E-state index is 0.213. The maximum absolute atomic E-state index is 15.3. The summed E-state index contributed by atoms with van der Waals surface area (Å²) < 4.78 is 29.0. The molecule has 2 aliphatic rings. The molecule has 5 rings (SSSR count). The molecule has 0 saturated heterocycles. The first-order chi connectivity index (χ1) is 15.2. The van der Waals surface area contributed by atoms with E-state index in [2.05, 4.69) is 19.1 Å². The Bertz CT molecular complexity index is 1030. The van der Waals surface area contributed by atoms with Crippen LogP contribution in [0.4, 0.5) is 4.39 Å². The first-order valence-corrected chi connectivity index (χ1v) is 12.9. The van der Waals surface area contributed by atoms with Gasteiger partial charge in [-0.25, -0.2) is 4.39 Å². The van der Waals surface area contributed by atoms with Crippen LogP contribution in [0.5, 0.6) is 11.5 Å². The molecule has 0 radical (unpaired) electrons. The molecule has 2 aromatic carbocycles. The number of hydrogen-bond donors (Lipinski definition) is 0. The number of fused-ring (bicyclic) bond motifs is 3. The van der Waals surface area contributed by atoms with E-state index in [9.17, 15) is 0 Å². The van der Waals surface area contributed by atoms with Gasteiger partial charge in [0.05, 0.1) is 17.9 Å². The molecule has 1 heterocycles. The van der Waals surface area contributed by atoms with Crippen LogP contribution >= 0.6 is 11.3 Å². The van der Waals surface area contributed by atoms with Gasteiger partial charge in [0, 0.05) is 15.5 Å². The lowest BCUT2D eigenvalue weighted by Crippen LogP contribution is -2.20. The fourth-order valence-corrected chi connectivity index (χ4v) is 6.31. The van der Waals surface area contributed by atoms with E-state index < -0.39 is 0 Å². The zero-order chi connectivity index (χ0) is 21.2. The summed E-state index contributed by atoms with van der Waals surface area (Å²) in [5.41, 5.74) is 0. The number of thiophene rings is 1. The largest absolute Gasteiger partial charge is 0.493 e. The average molecular weight is 441 g/mol. The molecule has 2 fully saturated rings. The van der Waals surface area contributed by atoms with Gasteiger partial charge in [-0.1, -0.05) is 39.0 Å². The van der Waals surface area contributed by atoms with E-state index in [1.165, 1.54) is 69.1 Å². The van der Waals surface area contributed by atoms with Crippen LogP contribution in [0.2, 0.25) is 0 Å². The Morgan fingerprint density at radius 2 is 1.58 bits per heavy atom. The summed E-state index contributed by atoms with van der Waals surface area (Å²) in [4.78, 5) is 0. The third-order valence-electron chi connectivity index (χ3n) is 7.37. The fraction of sp³-hybridized carbons (Fsp3) is 0.556. The molecule has 4 heteroatoms. The highest BCUT2D eigenvalue weighted by Gasteiger charge is 2.22. The molecule has 1 aromatic heterocycles. The standard InChI is InChI=1S/C27H33FO2S/c1-2-4-18-7-9-20(10-8-18)17-30-24-14-13-23-22-12-11-21(29-16-19-5-3-6-19)15-25(22)31-27(23)26(24)28/h11-15,18-20H,2-10,16-17H2,1H3. The fourth-order valence-electron chi connectivity index (χ4n) is 5.15. The van der Waals surface area contributed by atoms with Crippen molar-refractivity contribution in [3.8, 4) is 11.5 Å². The number of benzene rings is 2. The molecular weight excluding hydrogens is 407 g/mol. The Morgan fingerprint density at radius 3 is 2.32 bits per heavy atom. The molecule has 0 unspecified atom stereocenters. The van der Waals surface area contributed by atoms with Crippen molar-refractivity contribution in [1.29, 1.82) is 0 Å². The minimum atomic E-state index is -0.213. The van der Waals surface area contributed by atoms with Gasteiger partial charge in [-0.05, 0) is 73.8 Å². The number of hydrogen-bond acceptors (Lipinski definition) is 3. The van der Waals surface area contributed by atoms with Crippen LogP contribution in [0.25, 0.3) is 20.2 Å². The molecule has 31 heavy (non-hydrogen) atoms. The lowest BCUT2D eigenvalue weighted by molar-refractivity contribution is 0.175. The van der Waals surface area contributed by atoms with Crippen LogP contribution in [0.1, 0.15) is 64.7 Å². The summed E-state index contributed by atoms with van der Waals surface area (Å²) in [5.74, 6) is 3.22. The maximum atomic E-state index is 15.3. The lowest BCUT2D eigenvalue weighted by atomic mass is 9.80. The summed E-state index contributed by atoms with van der Waals surface area (Å²) >= 11 is 1.50. The van der Waals surface area contributed by atoms with Crippen LogP contribution in [0.3, 0.4) is 0 Å². The van der Waals surface area contributed by atoms with Crippen molar-refractivity contribution in [2.24, 2.45) is 17.8 Å². The van der Waals surface area contributed by atoms with Gasteiger partial charge in [0.25, 0.3) is 0 Å². The van der Waals surface area contributed by atoms with E-state index in [1.807, 2.05) is 18.2 Å². The topological polar surface area (TPSA) is 18.5 Å². The SMILES string of the molecule is CCCC1CCC(COc2ccc3c(sc4cc(OCC5CCC5)ccc43)c2F)CC1. The van der Waals surface area contributed by atoms with E-state index in [0.717, 1.165) is 33.7 Å². The van der Waals surface area contributed by atoms with Crippen LogP contribution in [-0.2, 0) is 0 Å². The molecule has 0 aliphatic heterocycles. The minimum Gasteiger partial charge on any atom is -0.493 e. The van der Waals surface area contributed by atoms with Crippen molar-refractivity contribution in [3.63, 3.8) is 0 Å². The Labute approximate surface area is 188 Å². The smallest absolute Gasteiger partial charge is 0.182 e. The molecule has 2 aliphatic carbocycles. The summed E-state index contributed by atoms with van der Waals surface area (Å²) in [5, 5.41) is 2.06. The molecule has 2 saturated carbocycles. The normalized spacial score (nSPS) is 22.0. The Hall–Kier alpha value is -1.81. The first kappa shape index (κ1) is 21.1. The molecule has 2 nitrogen and oxygen atoms in total. The second-order valence-corrected chi connectivity index (χ2v) is 10.7. The van der Waals surface area contributed by atoms with Gasteiger partial charge in [0.2, 0.25) is 0 Å². The highest BCUT2D eigenvalue weighted by molar-refractivity contribution is 7.25. The van der Waals surface area contributed by atoms with E-state index in [0.29, 0.717) is 28.9 Å². The second-order valence-electron chi connectivity index (χ2n) is 9.61. The van der Waals surface area contributed by atoms with E-state index in [-0.39, 0.29) is 5.82 Å². The molecule has 3 aromatic rings. The molecule has 0 atom stereocenters. The summed E-state index contributed by atoms with van der Waals surface area (Å²) in [7, 11) is 0. The monoisotopic (exact) mass is 440 g/mol. The van der Waals surface area contributed by atoms with Crippen molar-refractivity contribution < 1.29 is 13.9 Å². The zero-order valence-corrected chi connectivity index (χ0v) is 19.3. The van der Waals surface area contributed by atoms with E-state index in [1.54, 1.807) is 0 Å². The molecule has 0 N–H and O–H groups in total. The van der Waals surface area contributed by atoms with Gasteiger partial charge >= 0.3 is 0 Å². The first-order valence-electron chi connectivity index (χ1n) is 12.1. The van der Waals surface area contributed by atoms with Gasteiger partial charge in [0.1, 0.15) is 5.75 Å². The lowest BCUT2D eigenvalue weighted by Gasteiger charge is -2.28. The summed E-state index contributed by atoms with van der Waals surface area (Å²) in [6, 6.07) is 9.98. The molecular formula is C27H33FO2S. The molecule has 166 valence electrons. The quantitative estimate of drug-likeness (QED) is 0.350. The highest BCUT2D eigenvalue weighted by atomic mass is 32.1. The molecule has 0 spiro atoms. The number of halogens is 1. The van der Waals surface area contributed by atoms with Gasteiger partial charge < -0.3 is 9.47 Å². The predicted molar refractivity (Wildman–Crippen MR) is 128 cm³/mol. The van der Waals surface area contributed by atoms with E-state index >= 15 is 4.39 Å². The third-order valence-corrected chi connectivity index (χ3v) is 8.53. The van der Waals surface area contributed by atoms with Gasteiger partial charge in [-0.3, -0.25) is 0 Å². The van der Waals surface area contributed by atoms with Crippen molar-refractivity contribution in [3.05, 3.63) is 36.1 Å².